The Hall–Kier alpha value is -2.49. The molecule has 1 saturated carbocycles. The molecule has 0 saturated heterocycles. The van der Waals surface area contributed by atoms with Gasteiger partial charge >= 0.3 is 6.09 Å². The third-order valence-corrected chi connectivity index (χ3v) is 4.71. The Labute approximate surface area is 142 Å². The number of aromatic hydroxyl groups is 1. The van der Waals surface area contributed by atoms with Crippen molar-refractivity contribution in [2.45, 2.75) is 38.3 Å². The molecule has 4 nitrogen and oxygen atoms in total. The molecule has 1 aliphatic carbocycles. The van der Waals surface area contributed by atoms with E-state index in [0.29, 0.717) is 6.04 Å². The molecule has 0 radical (unpaired) electrons. The number of benzene rings is 2. The number of hydrogen-bond donors (Lipinski definition) is 1. The lowest BCUT2D eigenvalue weighted by molar-refractivity contribution is 0.0919. The summed E-state index contributed by atoms with van der Waals surface area (Å²) in [6.45, 7) is 0.243. The largest absolute Gasteiger partial charge is 0.508 e. The van der Waals surface area contributed by atoms with Gasteiger partial charge in [-0.3, -0.25) is 0 Å². The highest BCUT2D eigenvalue weighted by molar-refractivity contribution is 5.70. The van der Waals surface area contributed by atoms with E-state index in [1.165, 1.54) is 12.8 Å². The first-order chi connectivity index (χ1) is 11.6. The Morgan fingerprint density at radius 3 is 2.50 bits per heavy atom. The summed E-state index contributed by atoms with van der Waals surface area (Å²) in [5.74, 6) is 0.237. The molecule has 0 spiro atoms. The average molecular weight is 325 g/mol. The van der Waals surface area contributed by atoms with Gasteiger partial charge in [-0.2, -0.15) is 0 Å². The maximum atomic E-state index is 12.3. The lowest BCUT2D eigenvalue weighted by Crippen LogP contribution is -2.35. The summed E-state index contributed by atoms with van der Waals surface area (Å²) in [5, 5.41) is 9.44. The van der Waals surface area contributed by atoms with Gasteiger partial charge in [-0.15, -0.1) is 0 Å². The first-order valence-corrected chi connectivity index (χ1v) is 8.42. The quantitative estimate of drug-likeness (QED) is 0.896. The Morgan fingerprint density at radius 2 is 1.79 bits per heavy atom. The van der Waals surface area contributed by atoms with E-state index in [2.05, 4.69) is 0 Å². The van der Waals surface area contributed by atoms with Crippen molar-refractivity contribution in [1.29, 1.82) is 0 Å². The van der Waals surface area contributed by atoms with Crippen LogP contribution in [0.2, 0.25) is 0 Å². The molecule has 0 unspecified atom stereocenters. The average Bonchev–Trinajstić information content (AvgIpc) is 3.14. The highest BCUT2D eigenvalue weighted by atomic mass is 16.6. The van der Waals surface area contributed by atoms with Crippen molar-refractivity contribution in [3.8, 4) is 16.9 Å². The SMILES string of the molecule is CN(C(=O)OCc1ccccc1-c1ccc(O)cc1)C1CCCC1. The Bertz CT molecular complexity index is 690. The zero-order valence-electron chi connectivity index (χ0n) is 13.9. The molecule has 0 aromatic heterocycles. The number of carbonyl (C=O) groups excluding carboxylic acids is 1. The number of phenolic OH excluding ortho intramolecular Hbond substituents is 1. The summed E-state index contributed by atoms with van der Waals surface area (Å²) in [7, 11) is 1.82. The highest BCUT2D eigenvalue weighted by Crippen LogP contribution is 2.27. The topological polar surface area (TPSA) is 49.8 Å². The predicted octanol–water partition coefficient (Wildman–Crippen LogP) is 4.57. The predicted molar refractivity (Wildman–Crippen MR) is 93.7 cm³/mol. The highest BCUT2D eigenvalue weighted by Gasteiger charge is 2.24. The zero-order valence-corrected chi connectivity index (χ0v) is 13.9. The van der Waals surface area contributed by atoms with Crippen LogP contribution >= 0.6 is 0 Å². The normalized spacial score (nSPS) is 14.5. The molecule has 0 heterocycles. The van der Waals surface area contributed by atoms with Crippen molar-refractivity contribution in [1.82, 2.24) is 4.90 Å². The summed E-state index contributed by atoms with van der Waals surface area (Å²) in [5.41, 5.74) is 2.95. The Balaban J connectivity index is 1.69. The van der Waals surface area contributed by atoms with Gasteiger partial charge in [0.05, 0.1) is 0 Å². The van der Waals surface area contributed by atoms with E-state index in [0.717, 1.165) is 29.5 Å². The summed E-state index contributed by atoms with van der Waals surface area (Å²) in [4.78, 5) is 14.0. The van der Waals surface area contributed by atoms with Crippen LogP contribution < -0.4 is 0 Å². The van der Waals surface area contributed by atoms with Gasteiger partial charge in [-0.05, 0) is 41.7 Å². The summed E-state index contributed by atoms with van der Waals surface area (Å²) >= 11 is 0. The second-order valence-electron chi connectivity index (χ2n) is 6.31. The van der Waals surface area contributed by atoms with Crippen molar-refractivity contribution < 1.29 is 14.6 Å². The van der Waals surface area contributed by atoms with Crippen LogP contribution in [0.25, 0.3) is 11.1 Å². The van der Waals surface area contributed by atoms with Crippen LogP contribution in [0.4, 0.5) is 4.79 Å². The third kappa shape index (κ3) is 3.70. The molecule has 0 atom stereocenters. The molecule has 1 N–H and O–H groups in total. The molecule has 4 heteroatoms. The molecule has 1 fully saturated rings. The van der Waals surface area contributed by atoms with Crippen LogP contribution in [-0.2, 0) is 11.3 Å². The van der Waals surface area contributed by atoms with Crippen molar-refractivity contribution in [2.24, 2.45) is 0 Å². The summed E-state index contributed by atoms with van der Waals surface area (Å²) in [6, 6.07) is 15.2. The molecule has 0 aliphatic heterocycles. The van der Waals surface area contributed by atoms with Gasteiger partial charge in [0.1, 0.15) is 12.4 Å². The van der Waals surface area contributed by atoms with E-state index in [1.807, 2.05) is 43.4 Å². The fraction of sp³-hybridized carbons (Fsp3) is 0.350. The first kappa shape index (κ1) is 16.4. The lowest BCUT2D eigenvalue weighted by atomic mass is 10.0. The number of rotatable bonds is 4. The second kappa shape index (κ2) is 7.39. The van der Waals surface area contributed by atoms with Crippen molar-refractivity contribution >= 4 is 6.09 Å². The van der Waals surface area contributed by atoms with Crippen LogP contribution in [0.3, 0.4) is 0 Å². The maximum absolute atomic E-state index is 12.3. The molecule has 1 aliphatic rings. The first-order valence-electron chi connectivity index (χ1n) is 8.42. The van der Waals surface area contributed by atoms with Crippen LogP contribution in [-0.4, -0.2) is 29.2 Å². The second-order valence-corrected chi connectivity index (χ2v) is 6.31. The third-order valence-electron chi connectivity index (χ3n) is 4.71. The van der Waals surface area contributed by atoms with Gasteiger partial charge in [0.15, 0.2) is 0 Å². The van der Waals surface area contributed by atoms with Gasteiger partial charge in [0, 0.05) is 13.1 Å². The van der Waals surface area contributed by atoms with Gasteiger partial charge in [0.2, 0.25) is 0 Å². The van der Waals surface area contributed by atoms with E-state index in [9.17, 15) is 9.90 Å². The molecular weight excluding hydrogens is 302 g/mol. The number of amides is 1. The molecule has 24 heavy (non-hydrogen) atoms. The van der Waals surface area contributed by atoms with Crippen LogP contribution in [0.1, 0.15) is 31.2 Å². The van der Waals surface area contributed by atoms with Crippen molar-refractivity contribution in [3.63, 3.8) is 0 Å². The molecule has 126 valence electrons. The molecule has 0 bridgehead atoms. The summed E-state index contributed by atoms with van der Waals surface area (Å²) in [6.07, 6.45) is 4.24. The van der Waals surface area contributed by atoms with E-state index < -0.39 is 0 Å². The van der Waals surface area contributed by atoms with E-state index >= 15 is 0 Å². The molecular formula is C20H23NO3. The van der Waals surface area contributed by atoms with Crippen LogP contribution in [0.15, 0.2) is 48.5 Å². The minimum absolute atomic E-state index is 0.237. The Morgan fingerprint density at radius 1 is 1.12 bits per heavy atom. The molecule has 2 aromatic carbocycles. The number of nitrogens with zero attached hydrogens (tertiary/aromatic N) is 1. The minimum Gasteiger partial charge on any atom is -0.508 e. The van der Waals surface area contributed by atoms with Crippen molar-refractivity contribution in [2.75, 3.05) is 7.05 Å². The van der Waals surface area contributed by atoms with E-state index in [1.54, 1.807) is 17.0 Å². The minimum atomic E-state index is -0.262. The summed E-state index contributed by atoms with van der Waals surface area (Å²) < 4.78 is 5.53. The maximum Gasteiger partial charge on any atom is 0.410 e. The number of phenols is 1. The fourth-order valence-electron chi connectivity index (χ4n) is 3.25. The fourth-order valence-corrected chi connectivity index (χ4v) is 3.25. The zero-order chi connectivity index (χ0) is 16.9. The lowest BCUT2D eigenvalue weighted by Gasteiger charge is -2.23. The molecule has 3 rings (SSSR count). The van der Waals surface area contributed by atoms with Crippen LogP contribution in [0.5, 0.6) is 5.75 Å². The number of hydrogen-bond acceptors (Lipinski definition) is 3. The monoisotopic (exact) mass is 325 g/mol. The molecule has 2 aromatic rings. The van der Waals surface area contributed by atoms with Gasteiger partial charge in [-0.25, -0.2) is 4.79 Å². The van der Waals surface area contributed by atoms with E-state index in [-0.39, 0.29) is 18.4 Å². The number of ether oxygens (including phenoxy) is 1. The standard InChI is InChI=1S/C20H23NO3/c1-21(17-7-3-4-8-17)20(23)24-14-16-6-2-5-9-19(16)15-10-12-18(22)13-11-15/h2,5-6,9-13,17,22H,3-4,7-8,14H2,1H3. The van der Waals surface area contributed by atoms with Gasteiger partial charge in [-0.1, -0.05) is 49.2 Å². The Kier molecular flexibility index (Phi) is 5.04. The van der Waals surface area contributed by atoms with Crippen molar-refractivity contribution in [3.05, 3.63) is 54.1 Å². The number of carbonyl (C=O) groups is 1. The van der Waals surface area contributed by atoms with Gasteiger partial charge in [0.25, 0.3) is 0 Å². The molecule has 1 amide bonds. The van der Waals surface area contributed by atoms with Gasteiger partial charge < -0.3 is 14.7 Å². The van der Waals surface area contributed by atoms with Crippen LogP contribution in [0, 0.1) is 0 Å². The smallest absolute Gasteiger partial charge is 0.410 e. The van der Waals surface area contributed by atoms with E-state index in [4.69, 9.17) is 4.74 Å².